The smallest absolute Gasteiger partial charge is 0.257 e. The van der Waals surface area contributed by atoms with Crippen LogP contribution in [0.3, 0.4) is 0 Å². The van der Waals surface area contributed by atoms with Crippen LogP contribution in [0.25, 0.3) is 0 Å². The summed E-state index contributed by atoms with van der Waals surface area (Å²) >= 11 is 0. The van der Waals surface area contributed by atoms with Gasteiger partial charge in [0.2, 0.25) is 0 Å². The molecule has 1 heterocycles. The van der Waals surface area contributed by atoms with Gasteiger partial charge in [-0.2, -0.15) is 0 Å². The van der Waals surface area contributed by atoms with Crippen molar-refractivity contribution in [1.82, 2.24) is 4.90 Å². The van der Waals surface area contributed by atoms with E-state index in [1.54, 1.807) is 24.1 Å². The van der Waals surface area contributed by atoms with Crippen LogP contribution >= 0.6 is 0 Å². The molecule has 0 unspecified atom stereocenters. The Morgan fingerprint density at radius 1 is 1.53 bits per heavy atom. The Balaban J connectivity index is 2.24. The van der Waals surface area contributed by atoms with Crippen molar-refractivity contribution in [1.29, 1.82) is 0 Å². The maximum Gasteiger partial charge on any atom is 0.257 e. The van der Waals surface area contributed by atoms with Gasteiger partial charge in [0.25, 0.3) is 5.91 Å². The number of carbonyl (C=O) groups excluding carboxylic acids is 1. The second-order valence-corrected chi connectivity index (χ2v) is 4.18. The van der Waals surface area contributed by atoms with Gasteiger partial charge in [0.15, 0.2) is 0 Å². The zero-order valence-corrected chi connectivity index (χ0v) is 9.93. The fourth-order valence-corrected chi connectivity index (χ4v) is 2.27. The Morgan fingerprint density at radius 2 is 2.29 bits per heavy atom. The number of nitrogens with zero attached hydrogens (tertiary/aromatic N) is 1. The first-order chi connectivity index (χ1) is 8.27. The summed E-state index contributed by atoms with van der Waals surface area (Å²) in [5.41, 5.74) is 0.565. The summed E-state index contributed by atoms with van der Waals surface area (Å²) in [7, 11) is 1.56. The summed E-state index contributed by atoms with van der Waals surface area (Å²) in [5, 5.41) is 9.23. The number of rotatable bonds is 3. The number of benzene rings is 1. The normalized spacial score (nSPS) is 19.4. The van der Waals surface area contributed by atoms with Crippen LogP contribution in [0.2, 0.25) is 0 Å². The number of likely N-dealkylation sites (tertiary alicyclic amines) is 1. The lowest BCUT2D eigenvalue weighted by Gasteiger charge is -2.23. The Labute approximate surface area is 101 Å². The number of aliphatic hydroxyl groups excluding tert-OH is 1. The van der Waals surface area contributed by atoms with Gasteiger partial charge in [0.05, 0.1) is 25.3 Å². The number of hydrogen-bond acceptors (Lipinski definition) is 3. The largest absolute Gasteiger partial charge is 0.496 e. The zero-order chi connectivity index (χ0) is 12.3. The van der Waals surface area contributed by atoms with Crippen LogP contribution in [0.4, 0.5) is 0 Å². The molecule has 1 saturated heterocycles. The minimum atomic E-state index is -0.0565. The van der Waals surface area contributed by atoms with Crippen molar-refractivity contribution in [3.8, 4) is 5.75 Å². The van der Waals surface area contributed by atoms with Crippen molar-refractivity contribution in [3.63, 3.8) is 0 Å². The molecule has 92 valence electrons. The molecule has 0 spiro atoms. The molecule has 2 rings (SSSR count). The average molecular weight is 235 g/mol. The minimum Gasteiger partial charge on any atom is -0.496 e. The van der Waals surface area contributed by atoms with Crippen LogP contribution in [0.15, 0.2) is 24.3 Å². The van der Waals surface area contributed by atoms with E-state index in [1.165, 1.54) is 0 Å². The van der Waals surface area contributed by atoms with E-state index in [9.17, 15) is 9.90 Å². The first-order valence-electron chi connectivity index (χ1n) is 5.82. The number of amides is 1. The molecule has 17 heavy (non-hydrogen) atoms. The van der Waals surface area contributed by atoms with Crippen molar-refractivity contribution < 1.29 is 14.6 Å². The van der Waals surface area contributed by atoms with Crippen LogP contribution in [0, 0.1) is 0 Å². The lowest BCUT2D eigenvalue weighted by Crippen LogP contribution is -2.37. The SMILES string of the molecule is COc1ccccc1C(=O)N1CCC[C@H]1CO. The Morgan fingerprint density at radius 3 is 3.00 bits per heavy atom. The third kappa shape index (κ3) is 2.26. The van der Waals surface area contributed by atoms with Crippen LogP contribution in [0.1, 0.15) is 23.2 Å². The third-order valence-corrected chi connectivity index (χ3v) is 3.19. The van der Waals surface area contributed by atoms with Crippen molar-refractivity contribution in [2.24, 2.45) is 0 Å². The van der Waals surface area contributed by atoms with Gasteiger partial charge in [-0.25, -0.2) is 0 Å². The van der Waals surface area contributed by atoms with E-state index in [1.807, 2.05) is 12.1 Å². The monoisotopic (exact) mass is 235 g/mol. The average Bonchev–Trinajstić information content (AvgIpc) is 2.86. The minimum absolute atomic E-state index is 0.0287. The van der Waals surface area contributed by atoms with E-state index >= 15 is 0 Å². The second-order valence-electron chi connectivity index (χ2n) is 4.18. The highest BCUT2D eigenvalue weighted by atomic mass is 16.5. The van der Waals surface area contributed by atoms with E-state index in [2.05, 4.69) is 0 Å². The summed E-state index contributed by atoms with van der Waals surface area (Å²) in [4.78, 5) is 14.1. The quantitative estimate of drug-likeness (QED) is 0.859. The number of ether oxygens (including phenoxy) is 1. The molecule has 1 aromatic rings. The Bertz CT molecular complexity index is 405. The summed E-state index contributed by atoms with van der Waals surface area (Å²) in [5.74, 6) is 0.528. The van der Waals surface area contributed by atoms with Crippen molar-refractivity contribution in [2.45, 2.75) is 18.9 Å². The molecule has 1 N–H and O–H groups in total. The Hall–Kier alpha value is -1.55. The molecule has 0 aromatic heterocycles. The number of para-hydroxylation sites is 1. The van der Waals surface area contributed by atoms with Gasteiger partial charge >= 0.3 is 0 Å². The highest BCUT2D eigenvalue weighted by Gasteiger charge is 2.29. The van der Waals surface area contributed by atoms with Crippen LogP contribution < -0.4 is 4.74 Å². The molecule has 0 saturated carbocycles. The lowest BCUT2D eigenvalue weighted by atomic mass is 10.1. The van der Waals surface area contributed by atoms with E-state index in [0.717, 1.165) is 12.8 Å². The van der Waals surface area contributed by atoms with Crippen LogP contribution in [0.5, 0.6) is 5.75 Å². The van der Waals surface area contributed by atoms with Gasteiger partial charge in [-0.05, 0) is 25.0 Å². The van der Waals surface area contributed by atoms with Gasteiger partial charge in [0, 0.05) is 6.54 Å². The van der Waals surface area contributed by atoms with E-state index in [4.69, 9.17) is 4.74 Å². The molecule has 4 heteroatoms. The van der Waals surface area contributed by atoms with Gasteiger partial charge in [0.1, 0.15) is 5.75 Å². The summed E-state index contributed by atoms with van der Waals surface area (Å²) < 4.78 is 5.18. The van der Waals surface area contributed by atoms with E-state index < -0.39 is 0 Å². The fourth-order valence-electron chi connectivity index (χ4n) is 2.27. The molecule has 1 atom stereocenters. The molecular weight excluding hydrogens is 218 g/mol. The molecule has 1 aromatic carbocycles. The van der Waals surface area contributed by atoms with E-state index in [-0.39, 0.29) is 18.6 Å². The standard InChI is InChI=1S/C13H17NO3/c1-17-12-7-3-2-6-11(12)13(16)14-8-4-5-10(14)9-15/h2-3,6-7,10,15H,4-5,8-9H2,1H3/t10-/m0/s1. The van der Waals surface area contributed by atoms with Crippen molar-refractivity contribution >= 4 is 5.91 Å². The third-order valence-electron chi connectivity index (χ3n) is 3.19. The lowest BCUT2D eigenvalue weighted by molar-refractivity contribution is 0.0674. The summed E-state index contributed by atoms with van der Waals surface area (Å²) in [6, 6.07) is 7.14. The molecule has 1 amide bonds. The van der Waals surface area contributed by atoms with Gasteiger partial charge in [-0.1, -0.05) is 12.1 Å². The van der Waals surface area contributed by atoms with Crippen LogP contribution in [-0.4, -0.2) is 42.2 Å². The zero-order valence-electron chi connectivity index (χ0n) is 9.93. The first-order valence-corrected chi connectivity index (χ1v) is 5.82. The highest BCUT2D eigenvalue weighted by molar-refractivity contribution is 5.97. The van der Waals surface area contributed by atoms with E-state index in [0.29, 0.717) is 17.9 Å². The Kier molecular flexibility index (Phi) is 3.64. The molecular formula is C13H17NO3. The van der Waals surface area contributed by atoms with Gasteiger partial charge in [-0.15, -0.1) is 0 Å². The molecule has 0 aliphatic carbocycles. The second kappa shape index (κ2) is 5.19. The molecule has 1 aliphatic rings. The van der Waals surface area contributed by atoms with Crippen LogP contribution in [-0.2, 0) is 0 Å². The molecule has 1 aliphatic heterocycles. The molecule has 0 bridgehead atoms. The van der Waals surface area contributed by atoms with Gasteiger partial charge in [-0.3, -0.25) is 4.79 Å². The predicted molar refractivity (Wildman–Crippen MR) is 64.1 cm³/mol. The molecule has 4 nitrogen and oxygen atoms in total. The number of aliphatic hydroxyl groups is 1. The van der Waals surface area contributed by atoms with Crippen molar-refractivity contribution in [3.05, 3.63) is 29.8 Å². The number of hydrogen-bond donors (Lipinski definition) is 1. The number of carbonyl (C=O) groups is 1. The maximum absolute atomic E-state index is 12.3. The number of methoxy groups -OCH3 is 1. The summed E-state index contributed by atoms with van der Waals surface area (Å²) in [6.07, 6.45) is 1.82. The fraction of sp³-hybridized carbons (Fsp3) is 0.462. The predicted octanol–water partition coefficient (Wildman–Crippen LogP) is 1.29. The van der Waals surface area contributed by atoms with Crippen molar-refractivity contribution in [2.75, 3.05) is 20.3 Å². The van der Waals surface area contributed by atoms with Gasteiger partial charge < -0.3 is 14.7 Å². The molecule has 0 radical (unpaired) electrons. The highest BCUT2D eigenvalue weighted by Crippen LogP contribution is 2.24. The topological polar surface area (TPSA) is 49.8 Å². The first kappa shape index (κ1) is 11.9. The molecule has 1 fully saturated rings. The summed E-state index contributed by atoms with van der Waals surface area (Å²) in [6.45, 7) is 0.739. The maximum atomic E-state index is 12.3.